The normalized spacial score (nSPS) is 30.5. The molecule has 4 atom stereocenters. The number of amides is 2. The zero-order valence-corrected chi connectivity index (χ0v) is 15.3. The van der Waals surface area contributed by atoms with Gasteiger partial charge in [-0.25, -0.2) is 0 Å². The smallest absolute Gasteiger partial charge is 0.254 e. The van der Waals surface area contributed by atoms with Gasteiger partial charge in [0, 0.05) is 20.1 Å². The van der Waals surface area contributed by atoms with Gasteiger partial charge in [0.15, 0.2) is 6.10 Å². The van der Waals surface area contributed by atoms with E-state index in [4.69, 9.17) is 9.47 Å². The van der Waals surface area contributed by atoms with Gasteiger partial charge in [-0.2, -0.15) is 0 Å². The van der Waals surface area contributed by atoms with Crippen molar-refractivity contribution in [3.8, 4) is 0 Å². The van der Waals surface area contributed by atoms with Crippen LogP contribution in [0.5, 0.6) is 0 Å². The molecule has 2 saturated heterocycles. The first-order valence-corrected chi connectivity index (χ1v) is 8.75. The molecule has 0 saturated carbocycles. The molecule has 136 valence electrons. The summed E-state index contributed by atoms with van der Waals surface area (Å²) < 4.78 is 11.4. The lowest BCUT2D eigenvalue weighted by Crippen LogP contribution is -2.57. The number of benzene rings is 1. The van der Waals surface area contributed by atoms with Gasteiger partial charge in [0.2, 0.25) is 5.91 Å². The van der Waals surface area contributed by atoms with Crippen molar-refractivity contribution in [2.24, 2.45) is 0 Å². The van der Waals surface area contributed by atoms with E-state index < -0.39 is 12.1 Å². The van der Waals surface area contributed by atoms with Crippen molar-refractivity contribution in [3.05, 3.63) is 35.4 Å². The summed E-state index contributed by atoms with van der Waals surface area (Å²) in [6, 6.07) is 7.49. The van der Waals surface area contributed by atoms with Crippen LogP contribution in [0.1, 0.15) is 31.0 Å². The Kier molecular flexibility index (Phi) is 5.11. The number of likely N-dealkylation sites (N-methyl/N-ethyl adjacent to an activating group) is 1. The van der Waals surface area contributed by atoms with Gasteiger partial charge in [-0.05, 0) is 26.3 Å². The standard InChI is InChI=1S/C19H26N2O4/c1-12-5-7-15(8-6-12)17-18(24-11-16(22)20(17)4)19(23)21-9-13(2)25-14(3)10-21/h5-8,13-14,17-18H,9-11H2,1-4H3/t13-,14-,17-,18-/m1/s1. The maximum atomic E-state index is 13.2. The number of aryl methyl sites for hydroxylation is 1. The lowest BCUT2D eigenvalue weighted by Gasteiger charge is -2.42. The molecule has 2 aliphatic rings. The molecule has 2 amide bonds. The Hall–Kier alpha value is -1.92. The van der Waals surface area contributed by atoms with Crippen LogP contribution in [-0.2, 0) is 19.1 Å². The predicted octanol–water partition coefficient (Wildman–Crippen LogP) is 1.53. The highest BCUT2D eigenvalue weighted by Gasteiger charge is 2.42. The summed E-state index contributed by atoms with van der Waals surface area (Å²) in [6.07, 6.45) is -0.704. The molecule has 6 nitrogen and oxygen atoms in total. The summed E-state index contributed by atoms with van der Waals surface area (Å²) in [7, 11) is 1.74. The number of carbonyl (C=O) groups is 2. The van der Waals surface area contributed by atoms with Crippen molar-refractivity contribution in [2.45, 2.75) is 45.1 Å². The summed E-state index contributed by atoms with van der Waals surface area (Å²) in [5.41, 5.74) is 2.04. The first-order chi connectivity index (χ1) is 11.9. The molecule has 2 fully saturated rings. The summed E-state index contributed by atoms with van der Waals surface area (Å²) >= 11 is 0. The highest BCUT2D eigenvalue weighted by atomic mass is 16.5. The topological polar surface area (TPSA) is 59.1 Å². The van der Waals surface area contributed by atoms with E-state index in [1.165, 1.54) is 0 Å². The fourth-order valence-electron chi connectivity index (χ4n) is 3.62. The minimum absolute atomic E-state index is 0.00604. The molecule has 25 heavy (non-hydrogen) atoms. The highest BCUT2D eigenvalue weighted by molar-refractivity contribution is 5.86. The van der Waals surface area contributed by atoms with E-state index >= 15 is 0 Å². The Balaban J connectivity index is 1.87. The van der Waals surface area contributed by atoms with E-state index in [2.05, 4.69) is 0 Å². The molecule has 0 radical (unpaired) electrons. The molecular formula is C19H26N2O4. The van der Waals surface area contributed by atoms with E-state index in [9.17, 15) is 9.59 Å². The molecular weight excluding hydrogens is 320 g/mol. The molecule has 0 aliphatic carbocycles. The molecule has 0 spiro atoms. The summed E-state index contributed by atoms with van der Waals surface area (Å²) in [6.45, 7) is 6.96. The van der Waals surface area contributed by atoms with Crippen molar-refractivity contribution >= 4 is 11.8 Å². The van der Waals surface area contributed by atoms with E-state index in [1.807, 2.05) is 45.0 Å². The third-order valence-electron chi connectivity index (χ3n) is 4.88. The van der Waals surface area contributed by atoms with Crippen molar-refractivity contribution < 1.29 is 19.1 Å². The monoisotopic (exact) mass is 346 g/mol. The zero-order chi connectivity index (χ0) is 18.1. The van der Waals surface area contributed by atoms with Gasteiger partial charge in [-0.15, -0.1) is 0 Å². The van der Waals surface area contributed by atoms with Crippen LogP contribution in [0.25, 0.3) is 0 Å². The molecule has 2 aliphatic heterocycles. The number of rotatable bonds is 2. The van der Waals surface area contributed by atoms with Gasteiger partial charge >= 0.3 is 0 Å². The second-order valence-electron chi connectivity index (χ2n) is 7.09. The van der Waals surface area contributed by atoms with Gasteiger partial charge in [0.1, 0.15) is 6.61 Å². The number of ether oxygens (including phenoxy) is 2. The Morgan fingerprint density at radius 3 is 2.32 bits per heavy atom. The van der Waals surface area contributed by atoms with Gasteiger partial charge in [0.25, 0.3) is 5.91 Å². The Bertz CT molecular complexity index is 635. The fourth-order valence-corrected chi connectivity index (χ4v) is 3.62. The van der Waals surface area contributed by atoms with Crippen LogP contribution < -0.4 is 0 Å². The SMILES string of the molecule is Cc1ccc([C@@H]2[C@H](C(=O)N3C[C@@H](C)O[C@H](C)C3)OCC(=O)N2C)cc1. The molecule has 0 bridgehead atoms. The van der Waals surface area contributed by atoms with E-state index in [0.29, 0.717) is 13.1 Å². The molecule has 0 aromatic heterocycles. The van der Waals surface area contributed by atoms with Crippen LogP contribution in [0, 0.1) is 6.92 Å². The van der Waals surface area contributed by atoms with E-state index in [0.717, 1.165) is 11.1 Å². The van der Waals surface area contributed by atoms with Gasteiger partial charge in [-0.3, -0.25) is 9.59 Å². The molecule has 2 heterocycles. The number of morpholine rings is 2. The molecule has 1 aromatic carbocycles. The number of carbonyl (C=O) groups excluding carboxylic acids is 2. The van der Waals surface area contributed by atoms with Crippen molar-refractivity contribution in [1.29, 1.82) is 0 Å². The van der Waals surface area contributed by atoms with E-state index in [1.54, 1.807) is 16.8 Å². The first-order valence-electron chi connectivity index (χ1n) is 8.75. The third kappa shape index (κ3) is 3.70. The van der Waals surface area contributed by atoms with Crippen LogP contribution in [-0.4, -0.2) is 66.7 Å². The lowest BCUT2D eigenvalue weighted by atomic mass is 9.96. The average molecular weight is 346 g/mol. The molecule has 0 N–H and O–H groups in total. The Morgan fingerprint density at radius 1 is 1.12 bits per heavy atom. The van der Waals surface area contributed by atoms with Crippen LogP contribution in [0.15, 0.2) is 24.3 Å². The third-order valence-corrected chi connectivity index (χ3v) is 4.88. The van der Waals surface area contributed by atoms with Crippen molar-refractivity contribution in [1.82, 2.24) is 9.80 Å². The highest BCUT2D eigenvalue weighted by Crippen LogP contribution is 2.31. The zero-order valence-electron chi connectivity index (χ0n) is 15.3. The molecule has 3 rings (SSSR count). The summed E-state index contributed by atoms with van der Waals surface area (Å²) in [4.78, 5) is 28.7. The molecule has 1 aromatic rings. The Morgan fingerprint density at radius 2 is 1.72 bits per heavy atom. The molecule has 6 heteroatoms. The van der Waals surface area contributed by atoms with Crippen LogP contribution in [0.3, 0.4) is 0 Å². The first kappa shape index (κ1) is 17.9. The van der Waals surface area contributed by atoms with Crippen LogP contribution in [0.2, 0.25) is 0 Å². The van der Waals surface area contributed by atoms with Gasteiger partial charge < -0.3 is 19.3 Å². The maximum absolute atomic E-state index is 13.2. The van der Waals surface area contributed by atoms with E-state index in [-0.39, 0.29) is 30.6 Å². The van der Waals surface area contributed by atoms with Crippen molar-refractivity contribution in [3.63, 3.8) is 0 Å². The lowest BCUT2D eigenvalue weighted by molar-refractivity contribution is -0.173. The number of nitrogens with zero attached hydrogens (tertiary/aromatic N) is 2. The average Bonchev–Trinajstić information content (AvgIpc) is 2.57. The minimum atomic E-state index is -0.692. The molecule has 0 unspecified atom stereocenters. The Labute approximate surface area is 148 Å². The maximum Gasteiger partial charge on any atom is 0.254 e. The van der Waals surface area contributed by atoms with Crippen LogP contribution in [0.4, 0.5) is 0 Å². The largest absolute Gasteiger partial charge is 0.372 e. The van der Waals surface area contributed by atoms with Gasteiger partial charge in [-0.1, -0.05) is 29.8 Å². The number of hydrogen-bond acceptors (Lipinski definition) is 4. The quantitative estimate of drug-likeness (QED) is 0.815. The fraction of sp³-hybridized carbons (Fsp3) is 0.579. The predicted molar refractivity (Wildman–Crippen MR) is 93.0 cm³/mol. The van der Waals surface area contributed by atoms with Gasteiger partial charge in [0.05, 0.1) is 18.2 Å². The summed E-state index contributed by atoms with van der Waals surface area (Å²) in [5, 5.41) is 0. The number of hydrogen-bond donors (Lipinski definition) is 0. The van der Waals surface area contributed by atoms with Crippen molar-refractivity contribution in [2.75, 3.05) is 26.7 Å². The van der Waals surface area contributed by atoms with Crippen LogP contribution >= 0.6 is 0 Å². The summed E-state index contributed by atoms with van der Waals surface area (Å²) in [5.74, 6) is -0.190. The second kappa shape index (κ2) is 7.14. The second-order valence-corrected chi connectivity index (χ2v) is 7.09. The minimum Gasteiger partial charge on any atom is -0.372 e.